The van der Waals surface area contributed by atoms with Crippen molar-refractivity contribution in [3.63, 3.8) is 0 Å². The van der Waals surface area contributed by atoms with Crippen LogP contribution in [0.3, 0.4) is 0 Å². The van der Waals surface area contributed by atoms with Crippen molar-refractivity contribution in [3.8, 4) is 11.5 Å². The first-order chi connectivity index (χ1) is 18.9. The van der Waals surface area contributed by atoms with Gasteiger partial charge >= 0.3 is 18.4 Å². The summed E-state index contributed by atoms with van der Waals surface area (Å²) >= 11 is 0. The normalized spacial score (nSPS) is 14.2. The van der Waals surface area contributed by atoms with Gasteiger partial charge in [-0.05, 0) is 42.0 Å². The van der Waals surface area contributed by atoms with Crippen LogP contribution in [0.1, 0.15) is 15.9 Å². The number of amides is 1. The number of benzene rings is 2. The second-order valence-corrected chi connectivity index (χ2v) is 8.36. The molecule has 0 spiro atoms. The van der Waals surface area contributed by atoms with Gasteiger partial charge in [0.2, 0.25) is 0 Å². The molecular formula is C25H21F5N4O6. The molecule has 1 aliphatic rings. The summed E-state index contributed by atoms with van der Waals surface area (Å²) in [5.74, 6) is -3.00. The fourth-order valence-corrected chi connectivity index (χ4v) is 3.47. The van der Waals surface area contributed by atoms with Crippen molar-refractivity contribution in [3.05, 3.63) is 71.9 Å². The number of carbonyl (C=O) groups is 2. The van der Waals surface area contributed by atoms with Crippen LogP contribution in [0.15, 0.2) is 60.8 Å². The van der Waals surface area contributed by atoms with Crippen LogP contribution in [0.4, 0.5) is 39.1 Å². The average Bonchev–Trinajstić information content (AvgIpc) is 3.22. The lowest BCUT2D eigenvalue weighted by molar-refractivity contribution is -0.286. The third-order valence-electron chi connectivity index (χ3n) is 5.30. The molecule has 1 amide bonds. The number of esters is 1. The topological polar surface area (TPSA) is 131 Å². The van der Waals surface area contributed by atoms with E-state index < -0.39 is 37.1 Å². The molecular weight excluding hydrogens is 547 g/mol. The van der Waals surface area contributed by atoms with Crippen molar-refractivity contribution in [2.45, 2.75) is 25.1 Å². The summed E-state index contributed by atoms with van der Waals surface area (Å²) in [6.07, 6.45) is -8.89. The van der Waals surface area contributed by atoms with Gasteiger partial charge in [-0.25, -0.2) is 9.78 Å². The van der Waals surface area contributed by atoms with E-state index in [0.29, 0.717) is 17.1 Å². The van der Waals surface area contributed by atoms with E-state index >= 15 is 0 Å². The summed E-state index contributed by atoms with van der Waals surface area (Å²) < 4.78 is 75.8. The molecule has 10 nitrogen and oxygen atoms in total. The summed E-state index contributed by atoms with van der Waals surface area (Å²) in [7, 11) is 0. The third-order valence-corrected chi connectivity index (χ3v) is 5.30. The van der Waals surface area contributed by atoms with Gasteiger partial charge in [-0.3, -0.25) is 4.79 Å². The minimum atomic E-state index is -5.15. The Morgan fingerprint density at radius 2 is 1.77 bits per heavy atom. The zero-order valence-corrected chi connectivity index (χ0v) is 20.3. The number of carbonyl (C=O) groups excluding carboxylic acids is 2. The molecule has 4 rings (SSSR count). The van der Waals surface area contributed by atoms with Crippen LogP contribution in [0.2, 0.25) is 0 Å². The quantitative estimate of drug-likeness (QED) is 0.211. The van der Waals surface area contributed by atoms with Crippen LogP contribution in [-0.4, -0.2) is 53.7 Å². The number of hydrogen-bond donors (Lipinski definition) is 4. The molecule has 40 heavy (non-hydrogen) atoms. The van der Waals surface area contributed by atoms with E-state index in [1.807, 2.05) is 0 Å². The summed E-state index contributed by atoms with van der Waals surface area (Å²) in [6.45, 7) is -0.869. The molecule has 15 heteroatoms. The number of fused-ring (bicyclic) bond motifs is 1. The summed E-state index contributed by atoms with van der Waals surface area (Å²) in [6, 6.07) is 13.7. The lowest BCUT2D eigenvalue weighted by atomic mass is 10.1. The van der Waals surface area contributed by atoms with Crippen LogP contribution >= 0.6 is 0 Å². The van der Waals surface area contributed by atoms with E-state index in [2.05, 4.69) is 35.1 Å². The Balaban J connectivity index is 1.32. The van der Waals surface area contributed by atoms with Gasteiger partial charge in [0, 0.05) is 36.7 Å². The van der Waals surface area contributed by atoms with Gasteiger partial charge < -0.3 is 35.3 Å². The molecule has 0 saturated heterocycles. The Morgan fingerprint density at radius 1 is 1.02 bits per heavy atom. The highest BCUT2D eigenvalue weighted by Gasteiger charge is 2.43. The SMILES string of the molecule is O=C(Nc1ccc2c(c1)OC(F)(F)O2)c1ccccc1NCc1ccnc(NCC(O)COC(=O)C(F)(F)F)c1. The zero-order valence-electron chi connectivity index (χ0n) is 20.3. The average molecular weight is 568 g/mol. The van der Waals surface area contributed by atoms with Crippen molar-refractivity contribution in [2.75, 3.05) is 29.1 Å². The number of aliphatic hydroxyl groups excluding tert-OH is 1. The molecule has 0 radical (unpaired) electrons. The van der Waals surface area contributed by atoms with Gasteiger partial charge in [0.15, 0.2) is 11.5 Å². The fraction of sp³-hybridized carbons (Fsp3) is 0.240. The predicted octanol–water partition coefficient (Wildman–Crippen LogP) is 4.15. The van der Waals surface area contributed by atoms with Crippen molar-refractivity contribution in [1.82, 2.24) is 4.98 Å². The molecule has 2 aromatic carbocycles. The zero-order chi connectivity index (χ0) is 28.9. The first kappa shape index (κ1) is 28.4. The molecule has 3 aromatic rings. The van der Waals surface area contributed by atoms with Gasteiger partial charge in [0.1, 0.15) is 18.5 Å². The van der Waals surface area contributed by atoms with Crippen LogP contribution in [0, 0.1) is 0 Å². The van der Waals surface area contributed by atoms with Crippen molar-refractivity contribution in [1.29, 1.82) is 0 Å². The van der Waals surface area contributed by atoms with Crippen molar-refractivity contribution >= 4 is 29.1 Å². The molecule has 1 aromatic heterocycles. The highest BCUT2D eigenvalue weighted by molar-refractivity contribution is 6.08. The molecule has 212 valence electrons. The maximum absolute atomic E-state index is 13.3. The van der Waals surface area contributed by atoms with E-state index in [0.717, 1.165) is 0 Å². The molecule has 1 unspecified atom stereocenters. The van der Waals surface area contributed by atoms with Crippen LogP contribution in [0.5, 0.6) is 11.5 Å². The van der Waals surface area contributed by atoms with E-state index in [-0.39, 0.29) is 35.8 Å². The standard InChI is InChI=1S/C25H21F5N4O6/c26-24(27,28)23(37)38-13-16(35)12-33-21-9-14(7-8-31-21)11-32-18-4-2-1-3-17(18)22(36)34-15-5-6-19-20(10-15)40-25(29,30)39-19/h1-10,16,32,35H,11-13H2,(H,31,33)(H,34,36). The maximum Gasteiger partial charge on any atom is 0.586 e. The number of pyridine rings is 1. The number of halogens is 5. The van der Waals surface area contributed by atoms with Gasteiger partial charge in [0.05, 0.1) is 5.56 Å². The van der Waals surface area contributed by atoms with Gasteiger partial charge in [0.25, 0.3) is 5.91 Å². The fourth-order valence-electron chi connectivity index (χ4n) is 3.47. The van der Waals surface area contributed by atoms with Crippen molar-refractivity contribution in [2.24, 2.45) is 0 Å². The van der Waals surface area contributed by atoms with E-state index in [1.165, 1.54) is 24.4 Å². The number of ether oxygens (including phenoxy) is 3. The van der Waals surface area contributed by atoms with E-state index in [4.69, 9.17) is 0 Å². The number of nitrogens with one attached hydrogen (secondary N) is 3. The Bertz CT molecular complexity index is 1390. The lowest BCUT2D eigenvalue weighted by Gasteiger charge is -2.15. The number of alkyl halides is 5. The lowest BCUT2D eigenvalue weighted by Crippen LogP contribution is -2.32. The largest absolute Gasteiger partial charge is 0.586 e. The summed E-state index contributed by atoms with van der Waals surface area (Å²) in [5, 5.41) is 18.2. The number of anilines is 3. The van der Waals surface area contributed by atoms with E-state index in [1.54, 1.807) is 36.4 Å². The Morgan fingerprint density at radius 3 is 2.55 bits per heavy atom. The molecule has 1 aliphatic heterocycles. The van der Waals surface area contributed by atoms with Gasteiger partial charge in [-0.2, -0.15) is 13.2 Å². The predicted molar refractivity (Wildman–Crippen MR) is 130 cm³/mol. The van der Waals surface area contributed by atoms with E-state index in [9.17, 15) is 36.6 Å². The summed E-state index contributed by atoms with van der Waals surface area (Å²) in [5.41, 5.74) is 1.62. The van der Waals surface area contributed by atoms with Crippen LogP contribution in [-0.2, 0) is 16.1 Å². The monoisotopic (exact) mass is 568 g/mol. The molecule has 1 atom stereocenters. The molecule has 0 saturated carbocycles. The molecule has 2 heterocycles. The molecule has 0 bridgehead atoms. The maximum atomic E-state index is 13.3. The van der Waals surface area contributed by atoms with Crippen LogP contribution < -0.4 is 25.4 Å². The van der Waals surface area contributed by atoms with Crippen LogP contribution in [0.25, 0.3) is 0 Å². The summed E-state index contributed by atoms with van der Waals surface area (Å²) in [4.78, 5) is 27.7. The minimum absolute atomic E-state index is 0.157. The highest BCUT2D eigenvalue weighted by Crippen LogP contribution is 2.42. The minimum Gasteiger partial charge on any atom is -0.456 e. The molecule has 0 fully saturated rings. The number of para-hydroxylation sites is 1. The third kappa shape index (κ3) is 7.47. The number of hydrogen-bond acceptors (Lipinski definition) is 9. The Labute approximate surface area is 223 Å². The first-order valence-electron chi connectivity index (χ1n) is 11.5. The van der Waals surface area contributed by atoms with Crippen molar-refractivity contribution < 1.29 is 50.9 Å². The number of nitrogens with zero attached hydrogens (tertiary/aromatic N) is 1. The number of rotatable bonds is 10. The number of aliphatic hydroxyl groups is 1. The second-order valence-electron chi connectivity index (χ2n) is 8.36. The highest BCUT2D eigenvalue weighted by atomic mass is 19.4. The number of aromatic nitrogens is 1. The van der Waals surface area contributed by atoms with Gasteiger partial charge in [-0.15, -0.1) is 8.78 Å². The second kappa shape index (κ2) is 11.6. The Hall–Kier alpha value is -4.66. The van der Waals surface area contributed by atoms with Gasteiger partial charge in [-0.1, -0.05) is 12.1 Å². The molecule has 4 N–H and O–H groups in total. The first-order valence-corrected chi connectivity index (χ1v) is 11.5. The molecule has 0 aliphatic carbocycles. The smallest absolute Gasteiger partial charge is 0.456 e. The Kier molecular flexibility index (Phi) is 8.23.